The molecular formula is C10H16N2O6. The zero-order valence-electron chi connectivity index (χ0n) is 9.43. The van der Waals surface area contributed by atoms with E-state index in [4.69, 9.17) is 30.0 Å². The number of amides is 2. The number of rotatable bonds is 2. The third kappa shape index (κ3) is 16.1. The number of primary amides is 2. The van der Waals surface area contributed by atoms with E-state index in [2.05, 4.69) is 11.5 Å². The molecule has 1 unspecified atom stereocenters. The fraction of sp³-hybridized carbons (Fsp3) is 0.200. The maximum Gasteiger partial charge on any atom is 0.402 e. The number of nitrogens with two attached hydrogens (primary N) is 2. The van der Waals surface area contributed by atoms with E-state index in [1.165, 1.54) is 0 Å². The Bertz CT molecular complexity index is 323. The zero-order valence-corrected chi connectivity index (χ0v) is 9.43. The van der Waals surface area contributed by atoms with Crippen LogP contribution in [0.5, 0.6) is 0 Å². The van der Waals surface area contributed by atoms with E-state index >= 15 is 0 Å². The highest BCUT2D eigenvalue weighted by atomic mass is 16.4. The highest BCUT2D eigenvalue weighted by Crippen LogP contribution is 2.09. The molecule has 102 valence electrons. The summed E-state index contributed by atoms with van der Waals surface area (Å²) >= 11 is 0. The molecule has 1 atom stereocenters. The van der Waals surface area contributed by atoms with Crippen molar-refractivity contribution in [2.75, 3.05) is 6.61 Å². The minimum atomic E-state index is -1.33. The van der Waals surface area contributed by atoms with Gasteiger partial charge in [0, 0.05) is 0 Å². The summed E-state index contributed by atoms with van der Waals surface area (Å²) in [5, 5.41) is 32.0. The number of hydrogen-bond donors (Lipinski definition) is 6. The van der Waals surface area contributed by atoms with E-state index in [1.807, 2.05) is 18.2 Å². The second-order valence-electron chi connectivity index (χ2n) is 2.79. The summed E-state index contributed by atoms with van der Waals surface area (Å²) in [6.45, 7) is -0.218. The van der Waals surface area contributed by atoms with E-state index < -0.39 is 18.3 Å². The molecular weight excluding hydrogens is 244 g/mol. The van der Waals surface area contributed by atoms with Crippen molar-refractivity contribution in [1.82, 2.24) is 0 Å². The zero-order chi connectivity index (χ0) is 14.6. The molecule has 0 saturated carbocycles. The molecule has 18 heavy (non-hydrogen) atoms. The van der Waals surface area contributed by atoms with E-state index in [0.29, 0.717) is 0 Å². The van der Waals surface area contributed by atoms with Gasteiger partial charge in [-0.05, 0) is 5.56 Å². The number of hydrogen-bond acceptors (Lipinski definition) is 4. The maximum atomic E-state index is 9.08. The third-order valence-corrected chi connectivity index (χ3v) is 1.36. The van der Waals surface area contributed by atoms with E-state index in [0.717, 1.165) is 5.56 Å². The van der Waals surface area contributed by atoms with Crippen LogP contribution in [0.1, 0.15) is 11.7 Å². The molecule has 0 aliphatic carbocycles. The number of carboxylic acid groups (broad SMARTS) is 2. The molecule has 0 bridgehead atoms. The predicted molar refractivity (Wildman–Crippen MR) is 62.9 cm³/mol. The third-order valence-electron chi connectivity index (χ3n) is 1.36. The monoisotopic (exact) mass is 260 g/mol. The van der Waals surface area contributed by atoms with Crippen LogP contribution < -0.4 is 11.5 Å². The van der Waals surface area contributed by atoms with E-state index in [9.17, 15) is 0 Å². The first-order valence-corrected chi connectivity index (χ1v) is 4.61. The molecule has 0 fully saturated rings. The van der Waals surface area contributed by atoms with Crippen LogP contribution >= 0.6 is 0 Å². The summed E-state index contributed by atoms with van der Waals surface area (Å²) in [4.78, 5) is 17.6. The molecule has 0 spiro atoms. The summed E-state index contributed by atoms with van der Waals surface area (Å²) < 4.78 is 0. The fourth-order valence-corrected chi connectivity index (χ4v) is 0.781. The average Bonchev–Trinajstić information content (AvgIpc) is 2.28. The van der Waals surface area contributed by atoms with Gasteiger partial charge >= 0.3 is 12.2 Å². The van der Waals surface area contributed by atoms with Crippen molar-refractivity contribution < 1.29 is 30.0 Å². The van der Waals surface area contributed by atoms with Crippen LogP contribution in [0.3, 0.4) is 0 Å². The van der Waals surface area contributed by atoms with Gasteiger partial charge in [0.1, 0.15) is 6.10 Å². The molecule has 1 rings (SSSR count). The van der Waals surface area contributed by atoms with Crippen LogP contribution in [0, 0.1) is 0 Å². The lowest BCUT2D eigenvalue weighted by Crippen LogP contribution is -2.03. The fourth-order valence-electron chi connectivity index (χ4n) is 0.781. The standard InChI is InChI=1S/C8H10O2.2CH3NO2/c9-6-8(10)7-4-2-1-3-5-7;2*2-1(3)4/h1-5,8-10H,6H2;2*2H2,(H,3,4). The molecule has 0 aliphatic rings. The van der Waals surface area contributed by atoms with E-state index in [-0.39, 0.29) is 6.61 Å². The molecule has 8 N–H and O–H groups in total. The summed E-state index contributed by atoms with van der Waals surface area (Å²) in [6, 6.07) is 9.08. The second-order valence-corrected chi connectivity index (χ2v) is 2.79. The van der Waals surface area contributed by atoms with Gasteiger partial charge in [-0.25, -0.2) is 9.59 Å². The minimum absolute atomic E-state index is 0.218. The Labute approximate surface area is 103 Å². The van der Waals surface area contributed by atoms with Crippen molar-refractivity contribution in [2.45, 2.75) is 6.10 Å². The summed E-state index contributed by atoms with van der Waals surface area (Å²) in [5.74, 6) is 0. The van der Waals surface area contributed by atoms with E-state index in [1.54, 1.807) is 12.1 Å². The lowest BCUT2D eigenvalue weighted by atomic mass is 10.1. The van der Waals surface area contributed by atoms with Crippen LogP contribution in [-0.4, -0.2) is 39.2 Å². The van der Waals surface area contributed by atoms with Crippen molar-refractivity contribution in [2.24, 2.45) is 11.5 Å². The molecule has 8 heteroatoms. The maximum absolute atomic E-state index is 9.08. The van der Waals surface area contributed by atoms with Crippen molar-refractivity contribution in [3.63, 3.8) is 0 Å². The normalized spacial score (nSPS) is 9.89. The van der Waals surface area contributed by atoms with Gasteiger partial charge in [-0.1, -0.05) is 30.3 Å². The number of benzene rings is 1. The molecule has 2 amide bonds. The second kappa shape index (κ2) is 11.2. The van der Waals surface area contributed by atoms with Crippen LogP contribution in [0.4, 0.5) is 9.59 Å². The van der Waals surface area contributed by atoms with Gasteiger partial charge in [0.15, 0.2) is 0 Å². The lowest BCUT2D eigenvalue weighted by molar-refractivity contribution is 0.0956. The number of aliphatic hydroxyl groups is 2. The minimum Gasteiger partial charge on any atom is -0.465 e. The van der Waals surface area contributed by atoms with Gasteiger partial charge in [0.25, 0.3) is 0 Å². The van der Waals surface area contributed by atoms with Crippen molar-refractivity contribution in [1.29, 1.82) is 0 Å². The first kappa shape index (κ1) is 18.1. The van der Waals surface area contributed by atoms with Crippen molar-refractivity contribution >= 4 is 12.2 Å². The highest BCUT2D eigenvalue weighted by molar-refractivity contribution is 5.61. The molecule has 0 aromatic heterocycles. The highest BCUT2D eigenvalue weighted by Gasteiger charge is 2.02. The Balaban J connectivity index is 0. The lowest BCUT2D eigenvalue weighted by Gasteiger charge is -2.05. The Hall–Kier alpha value is -2.32. The first-order valence-electron chi connectivity index (χ1n) is 4.61. The van der Waals surface area contributed by atoms with Gasteiger partial charge in [-0.2, -0.15) is 0 Å². The van der Waals surface area contributed by atoms with Crippen LogP contribution in [-0.2, 0) is 0 Å². The molecule has 8 nitrogen and oxygen atoms in total. The molecule has 1 aromatic rings. The molecule has 0 aliphatic heterocycles. The smallest absolute Gasteiger partial charge is 0.402 e. The first-order chi connectivity index (χ1) is 8.31. The molecule has 0 radical (unpaired) electrons. The molecule has 1 aromatic carbocycles. The van der Waals surface area contributed by atoms with Gasteiger partial charge in [-0.3, -0.25) is 0 Å². The Morgan fingerprint density at radius 3 is 1.67 bits per heavy atom. The van der Waals surface area contributed by atoms with Crippen LogP contribution in [0.2, 0.25) is 0 Å². The van der Waals surface area contributed by atoms with Crippen molar-refractivity contribution in [3.8, 4) is 0 Å². The Morgan fingerprint density at radius 2 is 1.39 bits per heavy atom. The summed E-state index contributed by atoms with van der Waals surface area (Å²) in [7, 11) is 0. The van der Waals surface area contributed by atoms with Gasteiger partial charge in [0.2, 0.25) is 0 Å². The predicted octanol–water partition coefficient (Wildman–Crippen LogP) is -0.0415. The number of carbonyl (C=O) groups is 2. The topological polar surface area (TPSA) is 167 Å². The number of aliphatic hydroxyl groups excluding tert-OH is 2. The van der Waals surface area contributed by atoms with Gasteiger partial charge in [-0.15, -0.1) is 0 Å². The SMILES string of the molecule is NC(=O)O.NC(=O)O.OCC(O)c1ccccc1. The summed E-state index contributed by atoms with van der Waals surface area (Å²) in [5.41, 5.74) is 8.81. The quantitative estimate of drug-likeness (QED) is 0.436. The van der Waals surface area contributed by atoms with Crippen molar-refractivity contribution in [3.05, 3.63) is 35.9 Å². The largest absolute Gasteiger partial charge is 0.465 e. The Kier molecular flexibility index (Phi) is 11.2. The molecule has 0 saturated heterocycles. The average molecular weight is 260 g/mol. The summed E-state index contributed by atoms with van der Waals surface area (Å²) in [6.07, 6.45) is -3.40. The Morgan fingerprint density at radius 1 is 1.06 bits per heavy atom. The van der Waals surface area contributed by atoms with Gasteiger partial charge in [0.05, 0.1) is 6.61 Å². The van der Waals surface area contributed by atoms with Crippen LogP contribution in [0.15, 0.2) is 30.3 Å². The van der Waals surface area contributed by atoms with Crippen LogP contribution in [0.25, 0.3) is 0 Å². The van der Waals surface area contributed by atoms with Gasteiger partial charge < -0.3 is 31.9 Å². The molecule has 0 heterocycles.